The smallest absolute Gasteiger partial charge is 0.253 e. The molecule has 0 atom stereocenters. The molecule has 0 saturated carbocycles. The number of aromatic nitrogens is 3. The zero-order chi connectivity index (χ0) is 14.7. The number of nitrogens with zero attached hydrogens (tertiary/aromatic N) is 2. The van der Waals surface area contributed by atoms with Crippen LogP contribution < -0.4 is 5.32 Å². The first-order chi connectivity index (χ1) is 10.3. The molecule has 21 heavy (non-hydrogen) atoms. The van der Waals surface area contributed by atoms with Gasteiger partial charge in [0.25, 0.3) is 5.91 Å². The Labute approximate surface area is 122 Å². The first kappa shape index (κ1) is 13.1. The zero-order valence-corrected chi connectivity index (χ0v) is 11.5. The molecule has 3 rings (SSSR count). The van der Waals surface area contributed by atoms with Gasteiger partial charge in [-0.15, -0.1) is 0 Å². The van der Waals surface area contributed by atoms with Crippen molar-refractivity contribution in [2.24, 2.45) is 0 Å². The van der Waals surface area contributed by atoms with Crippen LogP contribution in [0.5, 0.6) is 0 Å². The number of nitrogens with one attached hydrogen (secondary N) is 2. The Balaban J connectivity index is 2.10. The van der Waals surface area contributed by atoms with Crippen LogP contribution >= 0.6 is 0 Å². The van der Waals surface area contributed by atoms with Crippen LogP contribution in [0, 0.1) is 0 Å². The summed E-state index contributed by atoms with van der Waals surface area (Å²) in [5.74, 6) is -0.148. The summed E-state index contributed by atoms with van der Waals surface area (Å²) < 4.78 is 0. The molecule has 0 aliphatic heterocycles. The van der Waals surface area contributed by atoms with Gasteiger partial charge in [-0.1, -0.05) is 18.2 Å². The molecule has 1 aromatic carbocycles. The Bertz CT molecular complexity index is 765. The fourth-order valence-corrected chi connectivity index (χ4v) is 2.20. The Hall–Kier alpha value is -2.95. The number of carbonyl (C=O) groups is 1. The van der Waals surface area contributed by atoms with E-state index >= 15 is 0 Å². The predicted octanol–water partition coefficient (Wildman–Crippen LogP) is 2.50. The van der Waals surface area contributed by atoms with Gasteiger partial charge in [-0.25, -0.2) is 0 Å². The standard InChI is InChI=1S/C16H14N4O/c1-17-16(21)13-6-3-8-18-15(13)12-5-2-4-11(10-12)14-7-9-19-20-14/h2-10H,1H3,(H,17,21)(H,19,20). The van der Waals surface area contributed by atoms with Crippen LogP contribution in [-0.4, -0.2) is 28.1 Å². The van der Waals surface area contributed by atoms with Crippen LogP contribution in [0.4, 0.5) is 0 Å². The minimum Gasteiger partial charge on any atom is -0.355 e. The molecular weight excluding hydrogens is 264 g/mol. The Morgan fingerprint density at radius 3 is 2.71 bits per heavy atom. The van der Waals surface area contributed by atoms with E-state index in [1.165, 1.54) is 0 Å². The van der Waals surface area contributed by atoms with E-state index in [9.17, 15) is 4.79 Å². The highest BCUT2D eigenvalue weighted by molar-refractivity contribution is 5.99. The molecule has 0 saturated heterocycles. The molecule has 0 spiro atoms. The SMILES string of the molecule is CNC(=O)c1cccnc1-c1cccc(-c2ccn[nH]2)c1. The van der Waals surface area contributed by atoms with Crippen LogP contribution in [0.25, 0.3) is 22.5 Å². The van der Waals surface area contributed by atoms with Crippen molar-refractivity contribution in [1.29, 1.82) is 0 Å². The summed E-state index contributed by atoms with van der Waals surface area (Å²) in [5.41, 5.74) is 4.04. The molecule has 0 aliphatic rings. The normalized spacial score (nSPS) is 10.3. The number of pyridine rings is 1. The van der Waals surface area contributed by atoms with Gasteiger partial charge in [0, 0.05) is 30.6 Å². The number of benzene rings is 1. The molecule has 2 heterocycles. The fourth-order valence-electron chi connectivity index (χ4n) is 2.20. The van der Waals surface area contributed by atoms with Crippen molar-refractivity contribution in [3.8, 4) is 22.5 Å². The van der Waals surface area contributed by atoms with Gasteiger partial charge in [-0.2, -0.15) is 5.10 Å². The summed E-state index contributed by atoms with van der Waals surface area (Å²) >= 11 is 0. The lowest BCUT2D eigenvalue weighted by atomic mass is 10.0. The van der Waals surface area contributed by atoms with Gasteiger partial charge in [0.15, 0.2) is 0 Å². The van der Waals surface area contributed by atoms with E-state index in [0.717, 1.165) is 16.8 Å². The van der Waals surface area contributed by atoms with Crippen LogP contribution in [0.15, 0.2) is 54.9 Å². The van der Waals surface area contributed by atoms with Crippen LogP contribution in [-0.2, 0) is 0 Å². The number of aromatic amines is 1. The van der Waals surface area contributed by atoms with E-state index < -0.39 is 0 Å². The average Bonchev–Trinajstić information content (AvgIpc) is 3.09. The molecular formula is C16H14N4O. The fraction of sp³-hybridized carbons (Fsp3) is 0.0625. The number of amides is 1. The quantitative estimate of drug-likeness (QED) is 0.773. The van der Waals surface area contributed by atoms with Gasteiger partial charge < -0.3 is 5.32 Å². The third-order valence-corrected chi connectivity index (χ3v) is 3.23. The van der Waals surface area contributed by atoms with Gasteiger partial charge in [0.05, 0.1) is 17.0 Å². The van der Waals surface area contributed by atoms with Crippen LogP contribution in [0.2, 0.25) is 0 Å². The molecule has 104 valence electrons. The van der Waals surface area contributed by atoms with E-state index in [4.69, 9.17) is 0 Å². The van der Waals surface area contributed by atoms with E-state index in [0.29, 0.717) is 11.3 Å². The topological polar surface area (TPSA) is 70.7 Å². The van der Waals surface area contributed by atoms with Gasteiger partial charge in [-0.3, -0.25) is 14.9 Å². The number of hydrogen-bond donors (Lipinski definition) is 2. The lowest BCUT2D eigenvalue weighted by Crippen LogP contribution is -2.19. The van der Waals surface area contributed by atoms with Gasteiger partial charge in [-0.05, 0) is 24.3 Å². The molecule has 0 fully saturated rings. The average molecular weight is 278 g/mol. The second-order valence-electron chi connectivity index (χ2n) is 4.53. The summed E-state index contributed by atoms with van der Waals surface area (Å²) in [7, 11) is 1.61. The molecule has 0 unspecified atom stereocenters. The van der Waals surface area contributed by atoms with Crippen molar-refractivity contribution >= 4 is 5.91 Å². The lowest BCUT2D eigenvalue weighted by Gasteiger charge is -2.08. The molecule has 5 nitrogen and oxygen atoms in total. The number of rotatable bonds is 3. The van der Waals surface area contributed by atoms with E-state index in [-0.39, 0.29) is 5.91 Å². The molecule has 1 amide bonds. The highest BCUT2D eigenvalue weighted by atomic mass is 16.1. The van der Waals surface area contributed by atoms with Crippen LogP contribution in [0.3, 0.4) is 0 Å². The maximum Gasteiger partial charge on any atom is 0.253 e. The molecule has 2 N–H and O–H groups in total. The maximum absolute atomic E-state index is 12.0. The number of H-pyrrole nitrogens is 1. The molecule has 0 bridgehead atoms. The summed E-state index contributed by atoms with van der Waals surface area (Å²) in [6.07, 6.45) is 3.39. The second-order valence-corrected chi connectivity index (χ2v) is 4.53. The summed E-state index contributed by atoms with van der Waals surface area (Å²) in [4.78, 5) is 16.3. The van der Waals surface area contributed by atoms with Crippen molar-refractivity contribution in [2.45, 2.75) is 0 Å². The van der Waals surface area contributed by atoms with E-state index in [1.807, 2.05) is 30.3 Å². The highest BCUT2D eigenvalue weighted by Crippen LogP contribution is 2.26. The Morgan fingerprint density at radius 1 is 1.10 bits per heavy atom. The van der Waals surface area contributed by atoms with Crippen molar-refractivity contribution in [1.82, 2.24) is 20.5 Å². The third-order valence-electron chi connectivity index (χ3n) is 3.23. The van der Waals surface area contributed by atoms with Gasteiger partial charge >= 0.3 is 0 Å². The summed E-state index contributed by atoms with van der Waals surface area (Å²) in [5, 5.41) is 9.52. The van der Waals surface area contributed by atoms with E-state index in [1.54, 1.807) is 31.6 Å². The largest absolute Gasteiger partial charge is 0.355 e. The zero-order valence-electron chi connectivity index (χ0n) is 11.5. The molecule has 0 aliphatic carbocycles. The van der Waals surface area contributed by atoms with Gasteiger partial charge in [0.2, 0.25) is 0 Å². The first-order valence-corrected chi connectivity index (χ1v) is 6.57. The molecule has 3 aromatic rings. The molecule has 0 radical (unpaired) electrons. The molecule has 2 aromatic heterocycles. The monoisotopic (exact) mass is 278 g/mol. The highest BCUT2D eigenvalue weighted by Gasteiger charge is 2.13. The van der Waals surface area contributed by atoms with Crippen molar-refractivity contribution in [3.05, 3.63) is 60.4 Å². The second kappa shape index (κ2) is 5.58. The number of carbonyl (C=O) groups excluding carboxylic acids is 1. The molecule has 5 heteroatoms. The van der Waals surface area contributed by atoms with Crippen molar-refractivity contribution < 1.29 is 4.79 Å². The summed E-state index contributed by atoms with van der Waals surface area (Å²) in [6, 6.07) is 13.3. The van der Waals surface area contributed by atoms with Crippen molar-refractivity contribution in [3.63, 3.8) is 0 Å². The van der Waals surface area contributed by atoms with E-state index in [2.05, 4.69) is 20.5 Å². The lowest BCUT2D eigenvalue weighted by molar-refractivity contribution is 0.0963. The first-order valence-electron chi connectivity index (χ1n) is 6.57. The minimum absolute atomic E-state index is 0.148. The predicted molar refractivity (Wildman–Crippen MR) is 80.6 cm³/mol. The minimum atomic E-state index is -0.148. The van der Waals surface area contributed by atoms with Crippen molar-refractivity contribution in [2.75, 3.05) is 7.05 Å². The summed E-state index contributed by atoms with van der Waals surface area (Å²) in [6.45, 7) is 0. The number of hydrogen-bond acceptors (Lipinski definition) is 3. The maximum atomic E-state index is 12.0. The Morgan fingerprint density at radius 2 is 1.95 bits per heavy atom. The van der Waals surface area contributed by atoms with Crippen LogP contribution in [0.1, 0.15) is 10.4 Å². The third kappa shape index (κ3) is 2.53. The van der Waals surface area contributed by atoms with Gasteiger partial charge in [0.1, 0.15) is 0 Å². The Kier molecular flexibility index (Phi) is 3.47.